The molecular weight excluding hydrogens is 130 g/mol. The van der Waals surface area contributed by atoms with E-state index in [0.717, 1.165) is 6.21 Å². The van der Waals surface area contributed by atoms with Crippen molar-refractivity contribution in [2.45, 2.75) is 0 Å². The Bertz CT molecular complexity index is 172. The maximum atomic E-state index is 10.6. The number of esters is 1. The minimum atomic E-state index is -0.574. The minimum Gasteiger partial charge on any atom is -0.458 e. The van der Waals surface area contributed by atoms with Crippen LogP contribution in [0, 0.1) is 5.41 Å². The van der Waals surface area contributed by atoms with Gasteiger partial charge in [0.2, 0.25) is 0 Å². The average Bonchev–Trinajstić information content (AvgIpc) is 1.98. The number of hydrogen-bond acceptors (Lipinski definition) is 3. The summed E-state index contributed by atoms with van der Waals surface area (Å²) in [6.45, 7) is 6.79. The Morgan fingerprint density at radius 2 is 2.30 bits per heavy atom. The van der Waals surface area contributed by atoms with Crippen LogP contribution in [0.2, 0.25) is 0 Å². The summed E-state index contributed by atoms with van der Waals surface area (Å²) in [5.74, 6) is -0.574. The average molecular weight is 139 g/mol. The standard InChI is InChI=1S/C7H9NO2/c1-3-4-10-7(9)6(2)5-8/h3,5,8H,1-2,4H2. The van der Waals surface area contributed by atoms with Gasteiger partial charge in [0.05, 0.1) is 5.57 Å². The van der Waals surface area contributed by atoms with Crippen molar-refractivity contribution in [3.05, 3.63) is 24.8 Å². The molecule has 0 unspecified atom stereocenters. The van der Waals surface area contributed by atoms with Crippen LogP contribution in [0.5, 0.6) is 0 Å². The first-order valence-electron chi connectivity index (χ1n) is 2.69. The van der Waals surface area contributed by atoms with Gasteiger partial charge >= 0.3 is 5.97 Å². The van der Waals surface area contributed by atoms with Crippen LogP contribution in [0.4, 0.5) is 0 Å². The van der Waals surface area contributed by atoms with Gasteiger partial charge in [0.25, 0.3) is 0 Å². The second-order valence-electron chi connectivity index (χ2n) is 1.56. The van der Waals surface area contributed by atoms with Gasteiger partial charge in [-0.25, -0.2) is 4.79 Å². The van der Waals surface area contributed by atoms with Crippen LogP contribution in [-0.2, 0) is 9.53 Å². The van der Waals surface area contributed by atoms with Gasteiger partial charge in [-0.15, -0.1) is 0 Å². The van der Waals surface area contributed by atoms with Crippen LogP contribution in [0.3, 0.4) is 0 Å². The lowest BCUT2D eigenvalue weighted by molar-refractivity contribution is -0.137. The van der Waals surface area contributed by atoms with Crippen molar-refractivity contribution in [2.75, 3.05) is 6.61 Å². The lowest BCUT2D eigenvalue weighted by atomic mass is 10.3. The number of ether oxygens (including phenoxy) is 1. The Kier molecular flexibility index (Phi) is 3.87. The van der Waals surface area contributed by atoms with Gasteiger partial charge in [-0.3, -0.25) is 0 Å². The molecule has 0 amide bonds. The quantitative estimate of drug-likeness (QED) is 0.272. The van der Waals surface area contributed by atoms with Gasteiger partial charge < -0.3 is 10.1 Å². The van der Waals surface area contributed by atoms with E-state index in [9.17, 15) is 4.79 Å². The molecule has 0 aromatic carbocycles. The summed E-state index contributed by atoms with van der Waals surface area (Å²) in [5, 5.41) is 6.62. The molecule has 0 atom stereocenters. The van der Waals surface area contributed by atoms with Crippen molar-refractivity contribution in [3.8, 4) is 0 Å². The van der Waals surface area contributed by atoms with Gasteiger partial charge in [0, 0.05) is 6.21 Å². The summed E-state index contributed by atoms with van der Waals surface area (Å²) in [4.78, 5) is 10.6. The first kappa shape index (κ1) is 8.62. The van der Waals surface area contributed by atoms with E-state index < -0.39 is 5.97 Å². The normalized spacial score (nSPS) is 8.00. The first-order chi connectivity index (χ1) is 4.72. The number of nitrogens with one attached hydrogen (secondary N) is 1. The maximum absolute atomic E-state index is 10.6. The smallest absolute Gasteiger partial charge is 0.339 e. The molecule has 0 rings (SSSR count). The predicted molar refractivity (Wildman–Crippen MR) is 39.1 cm³/mol. The summed E-state index contributed by atoms with van der Waals surface area (Å²) in [7, 11) is 0. The molecule has 0 fully saturated rings. The van der Waals surface area contributed by atoms with Crippen LogP contribution in [-0.4, -0.2) is 18.8 Å². The van der Waals surface area contributed by atoms with E-state index in [2.05, 4.69) is 17.9 Å². The Balaban J connectivity index is 3.73. The van der Waals surface area contributed by atoms with Crippen molar-refractivity contribution in [2.24, 2.45) is 0 Å². The molecule has 3 nitrogen and oxygen atoms in total. The largest absolute Gasteiger partial charge is 0.458 e. The molecule has 0 spiro atoms. The molecule has 0 saturated heterocycles. The van der Waals surface area contributed by atoms with E-state index in [4.69, 9.17) is 5.41 Å². The number of carbonyl (C=O) groups is 1. The molecule has 3 heteroatoms. The predicted octanol–water partition coefficient (Wildman–Crippen LogP) is 0.921. The second-order valence-corrected chi connectivity index (χ2v) is 1.56. The van der Waals surface area contributed by atoms with Crippen LogP contribution in [0.25, 0.3) is 0 Å². The zero-order valence-corrected chi connectivity index (χ0v) is 5.59. The van der Waals surface area contributed by atoms with E-state index >= 15 is 0 Å². The zero-order valence-electron chi connectivity index (χ0n) is 5.59. The third-order valence-corrected chi connectivity index (χ3v) is 0.769. The molecule has 0 aliphatic carbocycles. The van der Waals surface area contributed by atoms with E-state index in [1.54, 1.807) is 0 Å². The highest BCUT2D eigenvalue weighted by Gasteiger charge is 2.02. The molecule has 0 aliphatic heterocycles. The Morgan fingerprint density at radius 3 is 2.70 bits per heavy atom. The van der Waals surface area contributed by atoms with Gasteiger partial charge in [0.15, 0.2) is 0 Å². The summed E-state index contributed by atoms with van der Waals surface area (Å²) in [6, 6.07) is 0. The molecule has 54 valence electrons. The molecule has 1 N–H and O–H groups in total. The van der Waals surface area contributed by atoms with Gasteiger partial charge in [0.1, 0.15) is 6.61 Å². The molecular formula is C7H9NO2. The monoisotopic (exact) mass is 139 g/mol. The fourth-order valence-electron chi connectivity index (χ4n) is 0.286. The van der Waals surface area contributed by atoms with Gasteiger partial charge in [-0.1, -0.05) is 19.2 Å². The van der Waals surface area contributed by atoms with Crippen LogP contribution in [0.1, 0.15) is 0 Å². The molecule has 0 aromatic rings. The summed E-state index contributed by atoms with van der Waals surface area (Å²) < 4.78 is 4.54. The molecule has 10 heavy (non-hydrogen) atoms. The van der Waals surface area contributed by atoms with Crippen LogP contribution < -0.4 is 0 Å². The number of hydrogen-bond donors (Lipinski definition) is 1. The Labute approximate surface area is 59.5 Å². The highest BCUT2D eigenvalue weighted by Crippen LogP contribution is 1.89. The maximum Gasteiger partial charge on any atom is 0.339 e. The van der Waals surface area contributed by atoms with Crippen molar-refractivity contribution < 1.29 is 9.53 Å². The molecule has 0 bridgehead atoms. The Morgan fingerprint density at radius 1 is 1.70 bits per heavy atom. The third kappa shape index (κ3) is 2.81. The zero-order chi connectivity index (χ0) is 7.98. The van der Waals surface area contributed by atoms with Gasteiger partial charge in [-0.2, -0.15) is 0 Å². The molecule has 0 heterocycles. The van der Waals surface area contributed by atoms with E-state index in [1.165, 1.54) is 6.08 Å². The van der Waals surface area contributed by atoms with Crippen molar-refractivity contribution in [1.29, 1.82) is 5.41 Å². The SMILES string of the molecule is C=CCOC(=O)C(=C)C=N. The first-order valence-corrected chi connectivity index (χ1v) is 2.69. The third-order valence-electron chi connectivity index (χ3n) is 0.769. The number of carbonyl (C=O) groups excluding carboxylic acids is 1. The van der Waals surface area contributed by atoms with Crippen molar-refractivity contribution in [3.63, 3.8) is 0 Å². The van der Waals surface area contributed by atoms with Gasteiger partial charge in [-0.05, 0) is 0 Å². The molecule has 0 aliphatic rings. The van der Waals surface area contributed by atoms with Crippen LogP contribution in [0.15, 0.2) is 24.8 Å². The lowest BCUT2D eigenvalue weighted by Gasteiger charge is -1.97. The Hall–Kier alpha value is -1.38. The molecule has 0 saturated carbocycles. The highest BCUT2D eigenvalue weighted by atomic mass is 16.5. The topological polar surface area (TPSA) is 50.2 Å². The molecule has 0 radical (unpaired) electrons. The molecule has 0 aromatic heterocycles. The van der Waals surface area contributed by atoms with E-state index in [0.29, 0.717) is 0 Å². The second kappa shape index (κ2) is 4.49. The highest BCUT2D eigenvalue weighted by molar-refractivity contribution is 6.07. The van der Waals surface area contributed by atoms with E-state index in [1.807, 2.05) is 0 Å². The minimum absolute atomic E-state index is 0.0434. The number of rotatable bonds is 4. The summed E-state index contributed by atoms with van der Waals surface area (Å²) in [6.07, 6.45) is 2.31. The summed E-state index contributed by atoms with van der Waals surface area (Å²) >= 11 is 0. The fourth-order valence-corrected chi connectivity index (χ4v) is 0.286. The van der Waals surface area contributed by atoms with Crippen LogP contribution >= 0.6 is 0 Å². The summed E-state index contributed by atoms with van der Waals surface area (Å²) in [5.41, 5.74) is 0.0434. The van der Waals surface area contributed by atoms with E-state index in [-0.39, 0.29) is 12.2 Å². The van der Waals surface area contributed by atoms with Crippen molar-refractivity contribution in [1.82, 2.24) is 0 Å². The van der Waals surface area contributed by atoms with Crippen molar-refractivity contribution >= 4 is 12.2 Å². The fraction of sp³-hybridized carbons (Fsp3) is 0.143. The lowest BCUT2D eigenvalue weighted by Crippen LogP contribution is -2.07.